The van der Waals surface area contributed by atoms with Gasteiger partial charge in [0, 0.05) is 29.5 Å². The van der Waals surface area contributed by atoms with Crippen LogP contribution in [0.25, 0.3) is 6.08 Å². The minimum absolute atomic E-state index is 0.164. The highest BCUT2D eigenvalue weighted by Gasteiger charge is 2.30. The molecule has 1 atom stereocenters. The molecule has 1 N–H and O–H groups in total. The minimum Gasteiger partial charge on any atom is -0.494 e. The van der Waals surface area contributed by atoms with Gasteiger partial charge in [0.1, 0.15) is 5.75 Å². The Morgan fingerprint density at radius 3 is 2.53 bits per heavy atom. The molecule has 0 aromatic heterocycles. The van der Waals surface area contributed by atoms with Crippen molar-refractivity contribution in [3.8, 4) is 5.75 Å². The van der Waals surface area contributed by atoms with Crippen LogP contribution in [-0.4, -0.2) is 38.4 Å². The van der Waals surface area contributed by atoms with Gasteiger partial charge in [-0.3, -0.25) is 4.79 Å². The number of hydrogen-bond acceptors (Lipinski definition) is 5. The lowest BCUT2D eigenvalue weighted by atomic mass is 10.1. The Kier molecular flexibility index (Phi) is 7.40. The molecule has 1 saturated heterocycles. The summed E-state index contributed by atoms with van der Waals surface area (Å²) in [7, 11) is -3.55. The standard InChI is InChI=1S/C25H30N2O4S/c28-25(21-10-11-21)22-12-14-24(15-13-22)31-18-5-9-23-8-4-17-27(23)26-32(29,30)19-16-20-6-2-1-3-7-20/h1-3,6-7,12-16,19,21,23,26H,4-5,8-11,17-18H2/b19-16+/t23-/m1/s1. The molecular formula is C25H30N2O4S. The molecule has 0 bridgehead atoms. The lowest BCUT2D eigenvalue weighted by Crippen LogP contribution is -2.44. The molecular weight excluding hydrogens is 424 g/mol. The van der Waals surface area contributed by atoms with Gasteiger partial charge in [-0.1, -0.05) is 30.3 Å². The van der Waals surface area contributed by atoms with E-state index in [-0.39, 0.29) is 17.7 Å². The molecule has 1 aliphatic carbocycles. The number of nitrogens with zero attached hydrogens (tertiary/aromatic N) is 1. The zero-order valence-electron chi connectivity index (χ0n) is 18.2. The Balaban J connectivity index is 1.21. The van der Waals surface area contributed by atoms with Crippen molar-refractivity contribution in [3.63, 3.8) is 0 Å². The largest absolute Gasteiger partial charge is 0.494 e. The van der Waals surface area contributed by atoms with Crippen LogP contribution in [0.3, 0.4) is 0 Å². The van der Waals surface area contributed by atoms with E-state index in [1.54, 1.807) is 6.08 Å². The number of ketones is 1. The summed E-state index contributed by atoms with van der Waals surface area (Å²) in [4.78, 5) is 14.8. The third-order valence-electron chi connectivity index (χ3n) is 5.90. The zero-order valence-corrected chi connectivity index (χ0v) is 19.0. The lowest BCUT2D eigenvalue weighted by molar-refractivity contribution is 0.0967. The van der Waals surface area contributed by atoms with Crippen LogP contribution in [0.4, 0.5) is 0 Å². The predicted molar refractivity (Wildman–Crippen MR) is 125 cm³/mol. The highest BCUT2D eigenvalue weighted by Crippen LogP contribution is 2.33. The number of sulfonamides is 1. The average molecular weight is 455 g/mol. The monoisotopic (exact) mass is 454 g/mol. The summed E-state index contributed by atoms with van der Waals surface area (Å²) in [6, 6.07) is 16.9. The number of hydrazine groups is 1. The van der Waals surface area contributed by atoms with Gasteiger partial charge in [-0.05, 0) is 74.4 Å². The first kappa shape index (κ1) is 22.7. The molecule has 6 nitrogen and oxygen atoms in total. The first-order valence-electron chi connectivity index (χ1n) is 11.3. The second-order valence-electron chi connectivity index (χ2n) is 8.49. The highest BCUT2D eigenvalue weighted by molar-refractivity contribution is 7.92. The van der Waals surface area contributed by atoms with Crippen molar-refractivity contribution >= 4 is 21.9 Å². The first-order valence-corrected chi connectivity index (χ1v) is 12.8. The van der Waals surface area contributed by atoms with Crippen LogP contribution in [0.15, 0.2) is 60.0 Å². The summed E-state index contributed by atoms with van der Waals surface area (Å²) < 4.78 is 30.7. The van der Waals surface area contributed by atoms with Crippen molar-refractivity contribution in [3.05, 3.63) is 71.1 Å². The molecule has 0 unspecified atom stereocenters. The topological polar surface area (TPSA) is 75.7 Å². The molecule has 1 saturated carbocycles. The summed E-state index contributed by atoms with van der Waals surface area (Å²) in [6.45, 7) is 1.27. The molecule has 7 heteroatoms. The van der Waals surface area contributed by atoms with Gasteiger partial charge >= 0.3 is 0 Å². The fraction of sp³-hybridized carbons (Fsp3) is 0.400. The molecule has 0 radical (unpaired) electrons. The van der Waals surface area contributed by atoms with E-state index in [1.165, 1.54) is 5.41 Å². The zero-order chi connectivity index (χ0) is 22.4. The molecule has 32 heavy (non-hydrogen) atoms. The second-order valence-corrected chi connectivity index (χ2v) is 10.0. The number of rotatable bonds is 11. The Bertz CT molecular complexity index is 1030. The van der Waals surface area contributed by atoms with Gasteiger partial charge in [-0.2, -0.15) is 0 Å². The van der Waals surface area contributed by atoms with E-state index in [2.05, 4.69) is 4.83 Å². The van der Waals surface area contributed by atoms with Crippen molar-refractivity contribution in [2.75, 3.05) is 13.2 Å². The summed E-state index contributed by atoms with van der Waals surface area (Å²) >= 11 is 0. The van der Waals surface area contributed by atoms with E-state index in [4.69, 9.17) is 4.74 Å². The number of carbonyl (C=O) groups excluding carboxylic acids is 1. The van der Waals surface area contributed by atoms with Gasteiger partial charge in [0.15, 0.2) is 5.78 Å². The van der Waals surface area contributed by atoms with Crippen LogP contribution in [-0.2, 0) is 10.0 Å². The number of nitrogens with one attached hydrogen (secondary N) is 1. The molecule has 2 aromatic rings. The van der Waals surface area contributed by atoms with Crippen LogP contribution in [0.1, 0.15) is 54.4 Å². The number of benzene rings is 2. The molecule has 4 rings (SSSR count). The predicted octanol–water partition coefficient (Wildman–Crippen LogP) is 4.41. The first-order chi connectivity index (χ1) is 15.5. The van der Waals surface area contributed by atoms with Crippen molar-refractivity contribution in [1.82, 2.24) is 9.84 Å². The van der Waals surface area contributed by atoms with E-state index >= 15 is 0 Å². The van der Waals surface area contributed by atoms with E-state index in [0.717, 1.165) is 55.4 Å². The number of ether oxygens (including phenoxy) is 1. The van der Waals surface area contributed by atoms with Crippen LogP contribution < -0.4 is 9.57 Å². The van der Waals surface area contributed by atoms with Gasteiger partial charge in [-0.15, -0.1) is 4.83 Å². The third-order valence-corrected chi connectivity index (χ3v) is 6.88. The molecule has 0 amide bonds. The molecule has 0 spiro atoms. The Hall–Kier alpha value is -2.48. The summed E-state index contributed by atoms with van der Waals surface area (Å²) in [5.74, 6) is 1.22. The van der Waals surface area contributed by atoms with Gasteiger partial charge in [0.25, 0.3) is 0 Å². The minimum atomic E-state index is -3.55. The van der Waals surface area contributed by atoms with Gasteiger partial charge in [0.2, 0.25) is 10.0 Å². The van der Waals surface area contributed by atoms with Crippen LogP contribution in [0, 0.1) is 5.92 Å². The van der Waals surface area contributed by atoms with Gasteiger partial charge in [-0.25, -0.2) is 13.4 Å². The van der Waals surface area contributed by atoms with Crippen LogP contribution in [0.5, 0.6) is 5.75 Å². The Labute approximate surface area is 190 Å². The van der Waals surface area contributed by atoms with Crippen molar-refractivity contribution in [2.24, 2.45) is 5.92 Å². The highest BCUT2D eigenvalue weighted by atomic mass is 32.2. The molecule has 1 aliphatic heterocycles. The fourth-order valence-electron chi connectivity index (χ4n) is 3.99. The van der Waals surface area contributed by atoms with E-state index in [1.807, 2.05) is 59.6 Å². The molecule has 1 heterocycles. The fourth-order valence-corrected chi connectivity index (χ4v) is 4.95. The van der Waals surface area contributed by atoms with Gasteiger partial charge in [0.05, 0.1) is 6.61 Å². The maximum atomic E-state index is 12.5. The number of hydrogen-bond donors (Lipinski definition) is 1. The lowest BCUT2D eigenvalue weighted by Gasteiger charge is -2.24. The summed E-state index contributed by atoms with van der Waals surface area (Å²) in [5, 5.41) is 3.06. The Morgan fingerprint density at radius 1 is 1.06 bits per heavy atom. The molecule has 2 aliphatic rings. The average Bonchev–Trinajstić information content (AvgIpc) is 3.57. The quantitative estimate of drug-likeness (QED) is 0.402. The normalized spacial score (nSPS) is 19.4. The van der Waals surface area contributed by atoms with Crippen LogP contribution in [0.2, 0.25) is 0 Å². The van der Waals surface area contributed by atoms with Crippen molar-refractivity contribution in [2.45, 2.75) is 44.6 Å². The SMILES string of the molecule is O=C(c1ccc(OCCC[C@H]2CCCN2NS(=O)(=O)/C=C/c2ccccc2)cc1)C1CC1. The summed E-state index contributed by atoms with van der Waals surface area (Å²) in [5.41, 5.74) is 1.60. The second kappa shape index (κ2) is 10.4. The summed E-state index contributed by atoms with van der Waals surface area (Å²) in [6.07, 6.45) is 7.22. The maximum absolute atomic E-state index is 12.5. The van der Waals surface area contributed by atoms with Crippen molar-refractivity contribution < 1.29 is 17.9 Å². The Morgan fingerprint density at radius 2 is 1.81 bits per heavy atom. The number of Topliss-reactive ketones (excluding diaryl/α,β-unsaturated/α-hetero) is 1. The van der Waals surface area contributed by atoms with E-state index < -0.39 is 10.0 Å². The smallest absolute Gasteiger partial charge is 0.246 e. The third kappa shape index (κ3) is 6.51. The molecule has 170 valence electrons. The maximum Gasteiger partial charge on any atom is 0.246 e. The van der Waals surface area contributed by atoms with Gasteiger partial charge < -0.3 is 4.74 Å². The molecule has 2 aromatic carbocycles. The van der Waals surface area contributed by atoms with E-state index in [0.29, 0.717) is 13.2 Å². The number of carbonyl (C=O) groups is 1. The molecule has 2 fully saturated rings. The van der Waals surface area contributed by atoms with Crippen molar-refractivity contribution in [1.29, 1.82) is 0 Å². The van der Waals surface area contributed by atoms with Crippen LogP contribution >= 0.6 is 0 Å². The van der Waals surface area contributed by atoms with E-state index in [9.17, 15) is 13.2 Å².